The summed E-state index contributed by atoms with van der Waals surface area (Å²) in [6, 6.07) is 5.95. The van der Waals surface area contributed by atoms with Gasteiger partial charge in [0.2, 0.25) is 5.91 Å². The molecule has 1 rings (SSSR count). The van der Waals surface area contributed by atoms with Crippen molar-refractivity contribution in [3.8, 4) is 11.8 Å². The van der Waals surface area contributed by atoms with E-state index < -0.39 is 11.7 Å². The van der Waals surface area contributed by atoms with Crippen molar-refractivity contribution in [2.75, 3.05) is 26.7 Å². The first-order valence-corrected chi connectivity index (χ1v) is 11.5. The Morgan fingerprint density at radius 1 is 1.26 bits per heavy atom. The number of hydrogen-bond acceptors (Lipinski definition) is 6. The minimum atomic E-state index is -0.622. The SMILES string of the molecule is C=N/C(NCCC)=C(C#CCCCNC(=O)CN(C)C(=O)OC(C)(C)C)\C=N/c1cccc(F)c1. The lowest BCUT2D eigenvalue weighted by molar-refractivity contribution is -0.122. The maximum Gasteiger partial charge on any atom is 0.410 e. The molecule has 35 heavy (non-hydrogen) atoms. The van der Waals surface area contributed by atoms with Gasteiger partial charge in [-0.25, -0.2) is 14.2 Å². The Bertz CT molecular complexity index is 987. The van der Waals surface area contributed by atoms with Crippen molar-refractivity contribution in [2.45, 2.75) is 52.6 Å². The number of aliphatic imine (C=N–C) groups is 2. The second-order valence-corrected chi connectivity index (χ2v) is 8.68. The predicted octanol–water partition coefficient (Wildman–Crippen LogP) is 4.21. The highest BCUT2D eigenvalue weighted by atomic mass is 19.1. The normalized spacial score (nSPS) is 11.7. The molecule has 2 amide bonds. The second kappa shape index (κ2) is 15.3. The number of likely N-dealkylation sites (N-methyl/N-ethyl adjacent to an activating group) is 1. The Kier molecular flexibility index (Phi) is 12.8. The van der Waals surface area contributed by atoms with Crippen LogP contribution in [0.1, 0.15) is 47.0 Å². The fraction of sp³-hybridized carbons (Fsp3) is 0.462. The summed E-state index contributed by atoms with van der Waals surface area (Å²) in [7, 11) is 1.51. The average Bonchev–Trinajstić information content (AvgIpc) is 2.78. The maximum atomic E-state index is 13.4. The number of hydrogen-bond donors (Lipinski definition) is 2. The topological polar surface area (TPSA) is 95.4 Å². The van der Waals surface area contributed by atoms with Crippen molar-refractivity contribution in [2.24, 2.45) is 9.98 Å². The van der Waals surface area contributed by atoms with E-state index in [9.17, 15) is 14.0 Å². The van der Waals surface area contributed by atoms with Crippen LogP contribution in [-0.2, 0) is 9.53 Å². The van der Waals surface area contributed by atoms with E-state index in [1.54, 1.807) is 32.9 Å². The van der Waals surface area contributed by atoms with Crippen LogP contribution < -0.4 is 10.6 Å². The number of halogens is 1. The summed E-state index contributed by atoms with van der Waals surface area (Å²) >= 11 is 0. The number of unbranched alkanes of at least 4 members (excludes halogenated alkanes) is 1. The molecule has 0 aliphatic heterocycles. The van der Waals surface area contributed by atoms with Gasteiger partial charge in [-0.15, -0.1) is 0 Å². The lowest BCUT2D eigenvalue weighted by Crippen LogP contribution is -2.41. The standard InChI is InChI=1S/C26H36FN5O3/c1-7-15-30-24(28-5)20(18-31-22-14-11-13-21(27)17-22)12-9-8-10-16-29-23(33)19-32(6)25(34)35-26(2,3)4/h11,13-14,17-18,30H,5,7-8,10,15-16,19H2,1-4,6H3,(H,29,33)/b24-20+,31-18-. The van der Waals surface area contributed by atoms with Gasteiger partial charge < -0.3 is 20.3 Å². The Morgan fingerprint density at radius 3 is 2.63 bits per heavy atom. The van der Waals surface area contributed by atoms with Gasteiger partial charge in [-0.2, -0.15) is 0 Å². The molecule has 9 heteroatoms. The molecule has 0 radical (unpaired) electrons. The molecule has 2 N–H and O–H groups in total. The lowest BCUT2D eigenvalue weighted by Gasteiger charge is -2.24. The molecule has 0 bridgehead atoms. The molecule has 8 nitrogen and oxygen atoms in total. The first-order valence-electron chi connectivity index (χ1n) is 11.5. The van der Waals surface area contributed by atoms with Gasteiger partial charge in [-0.3, -0.25) is 9.79 Å². The number of ether oxygens (including phenoxy) is 1. The van der Waals surface area contributed by atoms with E-state index in [2.05, 4.69) is 39.2 Å². The number of nitrogens with one attached hydrogen (secondary N) is 2. The molecule has 0 fully saturated rings. The molecule has 0 aliphatic rings. The predicted molar refractivity (Wildman–Crippen MR) is 138 cm³/mol. The summed E-state index contributed by atoms with van der Waals surface area (Å²) in [6.07, 6.45) is 2.99. The van der Waals surface area contributed by atoms with Gasteiger partial charge in [-0.1, -0.05) is 24.8 Å². The van der Waals surface area contributed by atoms with Crippen LogP contribution >= 0.6 is 0 Å². The average molecular weight is 486 g/mol. The summed E-state index contributed by atoms with van der Waals surface area (Å²) in [4.78, 5) is 33.5. The molecule has 1 aromatic carbocycles. The molecular weight excluding hydrogens is 449 g/mol. The Labute approximate surface area is 207 Å². The smallest absolute Gasteiger partial charge is 0.410 e. The highest BCUT2D eigenvalue weighted by Crippen LogP contribution is 2.13. The summed E-state index contributed by atoms with van der Waals surface area (Å²) in [5, 5.41) is 5.92. The third-order valence-corrected chi connectivity index (χ3v) is 4.22. The van der Waals surface area contributed by atoms with Crippen molar-refractivity contribution < 1.29 is 18.7 Å². The minimum Gasteiger partial charge on any atom is -0.444 e. The molecule has 0 heterocycles. The van der Waals surface area contributed by atoms with Gasteiger partial charge in [0.1, 0.15) is 23.8 Å². The zero-order valence-corrected chi connectivity index (χ0v) is 21.3. The van der Waals surface area contributed by atoms with E-state index in [1.807, 2.05) is 6.92 Å². The first-order chi connectivity index (χ1) is 16.6. The van der Waals surface area contributed by atoms with Crippen molar-refractivity contribution in [3.05, 3.63) is 41.5 Å². The quantitative estimate of drug-likeness (QED) is 0.279. The van der Waals surface area contributed by atoms with Gasteiger partial charge in [0.05, 0.1) is 11.3 Å². The van der Waals surface area contributed by atoms with E-state index in [0.29, 0.717) is 43.0 Å². The zero-order chi connectivity index (χ0) is 26.3. The summed E-state index contributed by atoms with van der Waals surface area (Å²) < 4.78 is 18.7. The largest absolute Gasteiger partial charge is 0.444 e. The number of amides is 2. The third-order valence-electron chi connectivity index (χ3n) is 4.22. The molecule has 0 unspecified atom stereocenters. The molecule has 0 saturated heterocycles. The Morgan fingerprint density at radius 2 is 2.00 bits per heavy atom. The van der Waals surface area contributed by atoms with Gasteiger partial charge in [-0.05, 0) is 58.5 Å². The van der Waals surface area contributed by atoms with E-state index in [0.717, 1.165) is 6.42 Å². The van der Waals surface area contributed by atoms with Crippen LogP contribution in [0.15, 0.2) is 45.6 Å². The van der Waals surface area contributed by atoms with Crippen LogP contribution in [0.5, 0.6) is 0 Å². The van der Waals surface area contributed by atoms with Crippen LogP contribution in [0.2, 0.25) is 0 Å². The molecule has 190 valence electrons. The van der Waals surface area contributed by atoms with Crippen LogP contribution in [0.25, 0.3) is 0 Å². The molecular formula is C26H36FN5O3. The third kappa shape index (κ3) is 13.0. The van der Waals surface area contributed by atoms with Crippen molar-refractivity contribution >= 4 is 30.6 Å². The highest BCUT2D eigenvalue weighted by molar-refractivity contribution is 5.87. The van der Waals surface area contributed by atoms with Crippen molar-refractivity contribution in [3.63, 3.8) is 0 Å². The van der Waals surface area contributed by atoms with E-state index in [1.165, 1.54) is 30.3 Å². The number of rotatable bonds is 11. The zero-order valence-electron chi connectivity index (χ0n) is 21.3. The van der Waals surface area contributed by atoms with Crippen molar-refractivity contribution in [1.82, 2.24) is 15.5 Å². The van der Waals surface area contributed by atoms with Crippen molar-refractivity contribution in [1.29, 1.82) is 0 Å². The van der Waals surface area contributed by atoms with Gasteiger partial charge in [0.25, 0.3) is 0 Å². The van der Waals surface area contributed by atoms with Crippen LogP contribution in [-0.4, -0.2) is 62.1 Å². The van der Waals surface area contributed by atoms with Gasteiger partial charge in [0.15, 0.2) is 0 Å². The van der Waals surface area contributed by atoms with Crippen LogP contribution in [0.3, 0.4) is 0 Å². The van der Waals surface area contributed by atoms with Crippen LogP contribution in [0.4, 0.5) is 14.9 Å². The second-order valence-electron chi connectivity index (χ2n) is 8.68. The van der Waals surface area contributed by atoms with Gasteiger partial charge in [0, 0.05) is 32.8 Å². The summed E-state index contributed by atoms with van der Waals surface area (Å²) in [5.41, 5.74) is 0.367. The molecule has 0 spiro atoms. The monoisotopic (exact) mass is 485 g/mol. The molecule has 0 aliphatic carbocycles. The Hall–Kier alpha value is -3.67. The first kappa shape index (κ1) is 29.4. The fourth-order valence-electron chi connectivity index (χ4n) is 2.57. The van der Waals surface area contributed by atoms with Crippen LogP contribution in [0, 0.1) is 17.7 Å². The number of nitrogens with zero attached hydrogens (tertiary/aromatic N) is 3. The number of allylic oxidation sites excluding steroid dienone is 1. The van der Waals surface area contributed by atoms with E-state index in [-0.39, 0.29) is 18.3 Å². The van der Waals surface area contributed by atoms with E-state index >= 15 is 0 Å². The minimum absolute atomic E-state index is 0.0957. The molecule has 1 aromatic rings. The molecule has 0 atom stereocenters. The number of carbonyl (C=O) groups excluding carboxylic acids is 2. The Balaban J connectivity index is 2.66. The molecule has 0 saturated carbocycles. The summed E-state index contributed by atoms with van der Waals surface area (Å²) in [5.74, 6) is 5.92. The van der Waals surface area contributed by atoms with E-state index in [4.69, 9.17) is 4.74 Å². The number of benzene rings is 1. The van der Waals surface area contributed by atoms with Gasteiger partial charge >= 0.3 is 6.09 Å². The maximum absolute atomic E-state index is 13.4. The number of carbonyl (C=O) groups is 2. The molecule has 0 aromatic heterocycles. The highest BCUT2D eigenvalue weighted by Gasteiger charge is 2.20. The fourth-order valence-corrected chi connectivity index (χ4v) is 2.57. The lowest BCUT2D eigenvalue weighted by atomic mass is 10.2. The summed E-state index contributed by atoms with van der Waals surface area (Å²) in [6.45, 7) is 11.9.